The number of methoxy groups -OCH3 is 1. The molecule has 0 atom stereocenters. The lowest BCUT2D eigenvalue weighted by Crippen LogP contribution is -2.16. The quantitative estimate of drug-likeness (QED) is 0.219. The molecule has 2 aromatic carbocycles. The number of aryl methyl sites for hydroxylation is 1. The van der Waals surface area contributed by atoms with Gasteiger partial charge in [-0.15, -0.1) is 0 Å². The number of aromatic nitrogens is 1. The fourth-order valence-electron chi connectivity index (χ4n) is 4.79. The normalized spacial score (nSPS) is 11.2. The van der Waals surface area contributed by atoms with Crippen LogP contribution in [0.1, 0.15) is 84.0 Å². The van der Waals surface area contributed by atoms with E-state index in [2.05, 4.69) is 29.7 Å². The molecule has 0 radical (unpaired) electrons. The Labute approximate surface area is 199 Å². The molecule has 0 fully saturated rings. The maximum absolute atomic E-state index is 13.1. The molecule has 0 aliphatic heterocycles. The van der Waals surface area contributed by atoms with E-state index in [-0.39, 0.29) is 5.43 Å². The third-order valence-electron chi connectivity index (χ3n) is 6.62. The molecule has 33 heavy (non-hydrogen) atoms. The molecule has 178 valence electrons. The van der Waals surface area contributed by atoms with Gasteiger partial charge in [0.25, 0.3) is 0 Å². The van der Waals surface area contributed by atoms with E-state index in [9.17, 15) is 4.79 Å². The predicted molar refractivity (Wildman–Crippen MR) is 141 cm³/mol. The Morgan fingerprint density at radius 1 is 0.697 bits per heavy atom. The molecule has 0 aliphatic carbocycles. The van der Waals surface area contributed by atoms with Crippen molar-refractivity contribution in [2.75, 3.05) is 7.11 Å². The molecule has 3 heteroatoms. The van der Waals surface area contributed by atoms with Crippen LogP contribution in [-0.2, 0) is 6.54 Å². The first-order chi connectivity index (χ1) is 16.3. The highest BCUT2D eigenvalue weighted by atomic mass is 16.5. The lowest BCUT2D eigenvalue weighted by molar-refractivity contribution is 0.408. The van der Waals surface area contributed by atoms with Crippen LogP contribution in [0.4, 0.5) is 0 Å². The first-order valence-corrected chi connectivity index (χ1v) is 13.0. The SMILES string of the molecule is CCCCCCCCCCCCCCn1c(-c2ccccc2)c(OC)c(=O)c2ccccc21. The molecule has 3 aromatic rings. The van der Waals surface area contributed by atoms with Gasteiger partial charge in [-0.05, 0) is 18.6 Å². The van der Waals surface area contributed by atoms with Gasteiger partial charge in [-0.25, -0.2) is 0 Å². The summed E-state index contributed by atoms with van der Waals surface area (Å²) in [5.74, 6) is 0.443. The molecule has 3 rings (SSSR count). The van der Waals surface area contributed by atoms with Gasteiger partial charge in [0.2, 0.25) is 5.43 Å². The van der Waals surface area contributed by atoms with Crippen molar-refractivity contribution in [1.29, 1.82) is 0 Å². The van der Waals surface area contributed by atoms with Gasteiger partial charge in [0, 0.05) is 17.5 Å². The van der Waals surface area contributed by atoms with Crippen LogP contribution in [0.2, 0.25) is 0 Å². The number of hydrogen-bond donors (Lipinski definition) is 0. The largest absolute Gasteiger partial charge is 0.491 e. The Bertz CT molecular complexity index is 1020. The van der Waals surface area contributed by atoms with Crippen molar-refractivity contribution >= 4 is 10.9 Å². The molecule has 0 unspecified atom stereocenters. The lowest BCUT2D eigenvalue weighted by atomic mass is 10.0. The molecule has 0 saturated heterocycles. The van der Waals surface area contributed by atoms with Gasteiger partial charge in [-0.2, -0.15) is 0 Å². The maximum atomic E-state index is 13.1. The van der Waals surface area contributed by atoms with E-state index in [4.69, 9.17) is 4.74 Å². The topological polar surface area (TPSA) is 31.2 Å². The number of benzene rings is 2. The Hall–Kier alpha value is -2.55. The van der Waals surface area contributed by atoms with Crippen LogP contribution in [0.25, 0.3) is 22.2 Å². The summed E-state index contributed by atoms with van der Waals surface area (Å²) in [6.45, 7) is 3.16. The van der Waals surface area contributed by atoms with Gasteiger partial charge >= 0.3 is 0 Å². The van der Waals surface area contributed by atoms with E-state index in [1.807, 2.05) is 36.4 Å². The van der Waals surface area contributed by atoms with E-state index in [0.29, 0.717) is 5.75 Å². The van der Waals surface area contributed by atoms with Gasteiger partial charge in [0.15, 0.2) is 5.75 Å². The van der Waals surface area contributed by atoms with Crippen molar-refractivity contribution in [2.45, 2.75) is 90.5 Å². The van der Waals surface area contributed by atoms with Gasteiger partial charge in [-0.1, -0.05) is 120 Å². The lowest BCUT2D eigenvalue weighted by Gasteiger charge is -2.20. The Kier molecular flexibility index (Phi) is 10.5. The first-order valence-electron chi connectivity index (χ1n) is 13.0. The monoisotopic (exact) mass is 447 g/mol. The Morgan fingerprint density at radius 2 is 1.24 bits per heavy atom. The second kappa shape index (κ2) is 13.9. The summed E-state index contributed by atoms with van der Waals surface area (Å²) < 4.78 is 7.95. The zero-order valence-electron chi connectivity index (χ0n) is 20.7. The van der Waals surface area contributed by atoms with E-state index >= 15 is 0 Å². The van der Waals surface area contributed by atoms with Crippen molar-refractivity contribution in [2.24, 2.45) is 0 Å². The summed E-state index contributed by atoms with van der Waals surface area (Å²) >= 11 is 0. The van der Waals surface area contributed by atoms with Gasteiger partial charge < -0.3 is 9.30 Å². The number of fused-ring (bicyclic) bond motifs is 1. The van der Waals surface area contributed by atoms with Crippen molar-refractivity contribution < 1.29 is 4.74 Å². The average molecular weight is 448 g/mol. The summed E-state index contributed by atoms with van der Waals surface area (Å²) in [7, 11) is 1.60. The van der Waals surface area contributed by atoms with E-state index in [1.165, 1.54) is 70.6 Å². The summed E-state index contributed by atoms with van der Waals surface area (Å²) in [6.07, 6.45) is 16.0. The van der Waals surface area contributed by atoms with Crippen LogP contribution < -0.4 is 10.2 Å². The molecule has 0 aliphatic rings. The van der Waals surface area contributed by atoms with E-state index in [0.717, 1.165) is 35.1 Å². The molecule has 0 amide bonds. The van der Waals surface area contributed by atoms with Crippen LogP contribution in [0.3, 0.4) is 0 Å². The standard InChI is InChI=1S/C30H41NO2/c1-3-4-5-6-7-8-9-10-11-12-13-19-24-31-27-23-18-17-22-26(27)29(32)30(33-2)28(31)25-20-15-14-16-21-25/h14-18,20-23H,3-13,19,24H2,1-2H3. The van der Waals surface area contributed by atoms with Crippen molar-refractivity contribution in [1.82, 2.24) is 4.57 Å². The number of pyridine rings is 1. The van der Waals surface area contributed by atoms with Crippen molar-refractivity contribution in [3.63, 3.8) is 0 Å². The highest BCUT2D eigenvalue weighted by Crippen LogP contribution is 2.31. The fourth-order valence-corrected chi connectivity index (χ4v) is 4.79. The van der Waals surface area contributed by atoms with Crippen molar-refractivity contribution in [3.05, 3.63) is 64.8 Å². The minimum Gasteiger partial charge on any atom is -0.491 e. The number of ether oxygens (including phenoxy) is 1. The van der Waals surface area contributed by atoms with Gasteiger partial charge in [0.1, 0.15) is 0 Å². The van der Waals surface area contributed by atoms with Crippen LogP contribution >= 0.6 is 0 Å². The van der Waals surface area contributed by atoms with Gasteiger partial charge in [0.05, 0.1) is 18.3 Å². The minimum atomic E-state index is -0.0297. The summed E-state index contributed by atoms with van der Waals surface area (Å²) in [6, 6.07) is 18.1. The summed E-state index contributed by atoms with van der Waals surface area (Å²) in [5.41, 5.74) is 2.88. The molecule has 0 N–H and O–H groups in total. The Balaban J connectivity index is 1.61. The second-order valence-corrected chi connectivity index (χ2v) is 9.13. The molecule has 0 bridgehead atoms. The number of unbranched alkanes of at least 4 members (excludes halogenated alkanes) is 11. The smallest absolute Gasteiger partial charge is 0.231 e. The van der Waals surface area contributed by atoms with E-state index < -0.39 is 0 Å². The third kappa shape index (κ3) is 6.96. The fraction of sp³-hybridized carbons (Fsp3) is 0.500. The van der Waals surface area contributed by atoms with E-state index in [1.54, 1.807) is 7.11 Å². The first kappa shape index (κ1) is 25.1. The third-order valence-corrected chi connectivity index (χ3v) is 6.62. The molecular weight excluding hydrogens is 406 g/mol. The van der Waals surface area contributed by atoms with Gasteiger partial charge in [-0.3, -0.25) is 4.79 Å². The molecule has 3 nitrogen and oxygen atoms in total. The summed E-state index contributed by atoms with van der Waals surface area (Å²) in [4.78, 5) is 13.1. The Morgan fingerprint density at radius 3 is 1.85 bits per heavy atom. The molecule has 1 heterocycles. The van der Waals surface area contributed by atoms with Crippen LogP contribution in [0.5, 0.6) is 5.75 Å². The van der Waals surface area contributed by atoms with Crippen molar-refractivity contribution in [3.8, 4) is 17.0 Å². The highest BCUT2D eigenvalue weighted by molar-refractivity contribution is 5.86. The summed E-state index contributed by atoms with van der Waals surface area (Å²) in [5, 5.41) is 0.730. The van der Waals surface area contributed by atoms with Crippen LogP contribution in [0, 0.1) is 0 Å². The zero-order chi connectivity index (χ0) is 23.3. The zero-order valence-corrected chi connectivity index (χ0v) is 20.7. The molecule has 1 aromatic heterocycles. The second-order valence-electron chi connectivity index (χ2n) is 9.13. The highest BCUT2D eigenvalue weighted by Gasteiger charge is 2.18. The predicted octanol–water partition coefficient (Wildman–Crippen LogP) is 8.38. The molecule has 0 spiro atoms. The molecular formula is C30H41NO2. The maximum Gasteiger partial charge on any atom is 0.231 e. The minimum absolute atomic E-state index is 0.0297. The number of nitrogens with zero attached hydrogens (tertiary/aromatic N) is 1. The number of rotatable bonds is 15. The average Bonchev–Trinajstić information content (AvgIpc) is 2.86. The number of para-hydroxylation sites is 1. The van der Waals surface area contributed by atoms with Crippen LogP contribution in [-0.4, -0.2) is 11.7 Å². The molecule has 0 saturated carbocycles. The number of hydrogen-bond acceptors (Lipinski definition) is 2. The van der Waals surface area contributed by atoms with Crippen LogP contribution in [0.15, 0.2) is 59.4 Å².